The van der Waals surface area contributed by atoms with Gasteiger partial charge in [0, 0.05) is 25.5 Å². The van der Waals surface area contributed by atoms with Crippen LogP contribution in [0.5, 0.6) is 0 Å². The van der Waals surface area contributed by atoms with Crippen molar-refractivity contribution in [3.63, 3.8) is 0 Å². The highest BCUT2D eigenvalue weighted by Crippen LogP contribution is 2.27. The van der Waals surface area contributed by atoms with E-state index in [0.717, 1.165) is 11.3 Å². The Morgan fingerprint density at radius 3 is 2.38 bits per heavy atom. The summed E-state index contributed by atoms with van der Waals surface area (Å²) in [5, 5.41) is 5.39. The predicted molar refractivity (Wildman–Crippen MR) is 92.0 cm³/mol. The maximum atomic E-state index is 12.5. The molecule has 2 aromatic carbocycles. The second-order valence-corrected chi connectivity index (χ2v) is 5.79. The molecule has 0 aromatic heterocycles. The number of hydrogen-bond acceptors (Lipinski definition) is 4. The van der Waals surface area contributed by atoms with Crippen LogP contribution in [0.15, 0.2) is 54.6 Å². The zero-order chi connectivity index (χ0) is 17.1. The van der Waals surface area contributed by atoms with Crippen molar-refractivity contribution in [2.24, 2.45) is 0 Å². The third-order valence-corrected chi connectivity index (χ3v) is 3.87. The number of nitrogens with one attached hydrogen (secondary N) is 2. The molecule has 1 fully saturated rings. The summed E-state index contributed by atoms with van der Waals surface area (Å²) in [5.74, 6) is -0.313. The molecule has 2 unspecified atom stereocenters. The summed E-state index contributed by atoms with van der Waals surface area (Å²) in [4.78, 5) is 26.1. The van der Waals surface area contributed by atoms with Gasteiger partial charge in [0.05, 0.1) is 0 Å². The average Bonchev–Trinajstić information content (AvgIpc) is 2.98. The zero-order valence-electron chi connectivity index (χ0n) is 13.5. The fourth-order valence-corrected chi connectivity index (χ4v) is 2.59. The van der Waals surface area contributed by atoms with Gasteiger partial charge in [0.1, 0.15) is 0 Å². The molecule has 0 aliphatic carbocycles. The van der Waals surface area contributed by atoms with Gasteiger partial charge < -0.3 is 20.3 Å². The molecule has 6 heteroatoms. The van der Waals surface area contributed by atoms with Crippen LogP contribution in [0.25, 0.3) is 0 Å². The Hall–Kier alpha value is -3.02. The van der Waals surface area contributed by atoms with Gasteiger partial charge in [-0.25, -0.2) is 4.79 Å². The van der Waals surface area contributed by atoms with E-state index in [4.69, 9.17) is 4.74 Å². The van der Waals surface area contributed by atoms with Crippen LogP contribution in [0.4, 0.5) is 16.2 Å². The van der Waals surface area contributed by atoms with Crippen molar-refractivity contribution in [2.75, 3.05) is 24.3 Å². The maximum Gasteiger partial charge on any atom is 0.408 e. The highest BCUT2D eigenvalue weighted by molar-refractivity contribution is 5.98. The second-order valence-electron chi connectivity index (χ2n) is 5.79. The fraction of sp³-hybridized carbons (Fsp3) is 0.222. The molecule has 0 spiro atoms. The van der Waals surface area contributed by atoms with Crippen molar-refractivity contribution in [3.8, 4) is 0 Å². The monoisotopic (exact) mass is 325 g/mol. The number of nitrogens with zero attached hydrogens (tertiary/aromatic N) is 1. The van der Waals surface area contributed by atoms with E-state index in [9.17, 15) is 9.59 Å². The number of cyclic esters (lactones) is 1. The normalized spacial score (nSPS) is 19.3. The molecule has 2 amide bonds. The van der Waals surface area contributed by atoms with Crippen LogP contribution in [-0.2, 0) is 9.53 Å². The van der Waals surface area contributed by atoms with Gasteiger partial charge in [0.25, 0.3) is 5.91 Å². The number of amides is 2. The second kappa shape index (κ2) is 6.62. The number of rotatable bonds is 4. The molecule has 124 valence electrons. The summed E-state index contributed by atoms with van der Waals surface area (Å²) < 4.78 is 5.25. The molecule has 3 rings (SSSR count). The molecule has 1 saturated heterocycles. The molecule has 0 radical (unpaired) electrons. The highest BCUT2D eigenvalue weighted by Gasteiger charge is 2.40. The first-order valence-electron chi connectivity index (χ1n) is 7.65. The van der Waals surface area contributed by atoms with Crippen LogP contribution in [0.1, 0.15) is 11.7 Å². The largest absolute Gasteiger partial charge is 0.439 e. The third kappa shape index (κ3) is 3.32. The summed E-state index contributed by atoms with van der Waals surface area (Å²) in [6.07, 6.45) is -1.23. The van der Waals surface area contributed by atoms with Gasteiger partial charge in [-0.05, 0) is 29.8 Å². The standard InChI is InChI=1S/C18H19N3O3/c1-21(2)14-10-8-13(9-11-14)19-17(22)15-16(24-18(23)20-15)12-6-4-3-5-7-12/h3-11,15-16H,1-2H3,(H,19,22)(H,20,23). The van der Waals surface area contributed by atoms with Crippen molar-refractivity contribution < 1.29 is 14.3 Å². The molecule has 2 atom stereocenters. The number of hydrogen-bond donors (Lipinski definition) is 2. The number of carbonyl (C=O) groups excluding carboxylic acids is 2. The highest BCUT2D eigenvalue weighted by atomic mass is 16.6. The van der Waals surface area contributed by atoms with Gasteiger partial charge in [0.15, 0.2) is 12.1 Å². The van der Waals surface area contributed by atoms with E-state index in [1.165, 1.54) is 0 Å². The lowest BCUT2D eigenvalue weighted by Gasteiger charge is -2.17. The van der Waals surface area contributed by atoms with Gasteiger partial charge >= 0.3 is 6.09 Å². The van der Waals surface area contributed by atoms with Gasteiger partial charge in [-0.2, -0.15) is 0 Å². The molecule has 0 saturated carbocycles. The topological polar surface area (TPSA) is 70.7 Å². The molecule has 1 aliphatic heterocycles. The van der Waals surface area contributed by atoms with E-state index in [-0.39, 0.29) is 5.91 Å². The van der Waals surface area contributed by atoms with Gasteiger partial charge in [-0.1, -0.05) is 30.3 Å². The maximum absolute atomic E-state index is 12.5. The SMILES string of the molecule is CN(C)c1ccc(NC(=O)C2NC(=O)OC2c2ccccc2)cc1. The van der Waals surface area contributed by atoms with Crippen LogP contribution in [0.3, 0.4) is 0 Å². The third-order valence-electron chi connectivity index (χ3n) is 3.87. The Balaban J connectivity index is 1.74. The average molecular weight is 325 g/mol. The first kappa shape index (κ1) is 15.9. The Morgan fingerprint density at radius 1 is 1.08 bits per heavy atom. The number of anilines is 2. The summed E-state index contributed by atoms with van der Waals surface area (Å²) >= 11 is 0. The molecule has 6 nitrogen and oxygen atoms in total. The van der Waals surface area contributed by atoms with Gasteiger partial charge in [0.2, 0.25) is 0 Å². The van der Waals surface area contributed by atoms with E-state index < -0.39 is 18.2 Å². The van der Waals surface area contributed by atoms with Crippen molar-refractivity contribution >= 4 is 23.4 Å². The summed E-state index contributed by atoms with van der Waals surface area (Å²) in [6, 6.07) is 15.9. The lowest BCUT2D eigenvalue weighted by atomic mass is 10.0. The van der Waals surface area contributed by atoms with Crippen molar-refractivity contribution in [3.05, 3.63) is 60.2 Å². The van der Waals surface area contributed by atoms with Crippen LogP contribution < -0.4 is 15.5 Å². The van der Waals surface area contributed by atoms with Crippen LogP contribution in [0, 0.1) is 0 Å². The van der Waals surface area contributed by atoms with Gasteiger partial charge in [-0.15, -0.1) is 0 Å². The fourth-order valence-electron chi connectivity index (χ4n) is 2.59. The molecule has 2 aromatic rings. The lowest BCUT2D eigenvalue weighted by molar-refractivity contribution is -0.119. The van der Waals surface area contributed by atoms with Gasteiger partial charge in [-0.3, -0.25) is 4.79 Å². The smallest absolute Gasteiger partial charge is 0.408 e. The van der Waals surface area contributed by atoms with Crippen molar-refractivity contribution in [1.29, 1.82) is 0 Å². The predicted octanol–water partition coefficient (Wildman–Crippen LogP) is 2.54. The molecule has 1 heterocycles. The van der Waals surface area contributed by atoms with E-state index in [1.807, 2.05) is 73.6 Å². The van der Waals surface area contributed by atoms with E-state index in [1.54, 1.807) is 0 Å². The molecule has 24 heavy (non-hydrogen) atoms. The number of carbonyl (C=O) groups is 2. The van der Waals surface area contributed by atoms with E-state index in [2.05, 4.69) is 10.6 Å². The molecular formula is C18H19N3O3. The molecule has 2 N–H and O–H groups in total. The first-order chi connectivity index (χ1) is 11.5. The van der Waals surface area contributed by atoms with Crippen molar-refractivity contribution in [1.82, 2.24) is 5.32 Å². The van der Waals surface area contributed by atoms with E-state index >= 15 is 0 Å². The van der Waals surface area contributed by atoms with Crippen LogP contribution in [0.2, 0.25) is 0 Å². The Morgan fingerprint density at radius 2 is 1.75 bits per heavy atom. The van der Waals surface area contributed by atoms with E-state index in [0.29, 0.717) is 5.69 Å². The minimum atomic E-state index is -0.770. The number of benzene rings is 2. The lowest BCUT2D eigenvalue weighted by Crippen LogP contribution is -2.40. The number of alkyl carbamates (subject to hydrolysis) is 1. The molecule has 1 aliphatic rings. The molecular weight excluding hydrogens is 306 g/mol. The summed E-state index contributed by atoms with van der Waals surface area (Å²) in [5.41, 5.74) is 2.48. The zero-order valence-corrected chi connectivity index (χ0v) is 13.5. The van der Waals surface area contributed by atoms with Crippen LogP contribution in [-0.4, -0.2) is 32.1 Å². The van der Waals surface area contributed by atoms with Crippen molar-refractivity contribution in [2.45, 2.75) is 12.1 Å². The minimum Gasteiger partial charge on any atom is -0.439 e. The van der Waals surface area contributed by atoms with Crippen LogP contribution >= 0.6 is 0 Å². The first-order valence-corrected chi connectivity index (χ1v) is 7.65. The Bertz CT molecular complexity index is 729. The minimum absolute atomic E-state index is 0.313. The summed E-state index contributed by atoms with van der Waals surface area (Å²) in [7, 11) is 3.90. The number of ether oxygens (including phenoxy) is 1. The quantitative estimate of drug-likeness (QED) is 0.906. The Kier molecular flexibility index (Phi) is 4.37. The molecule has 0 bridgehead atoms. The Labute approximate surface area is 140 Å². The summed E-state index contributed by atoms with van der Waals surface area (Å²) in [6.45, 7) is 0.